The number of fused-ring (bicyclic) bond motifs is 1. The first-order valence-electron chi connectivity index (χ1n) is 4.98. The summed E-state index contributed by atoms with van der Waals surface area (Å²) in [7, 11) is 0. The van der Waals surface area contributed by atoms with Crippen molar-refractivity contribution in [3.05, 3.63) is 24.4 Å². The molecule has 2 N–H and O–H groups in total. The summed E-state index contributed by atoms with van der Waals surface area (Å²) in [5, 5.41) is 8.48. The van der Waals surface area contributed by atoms with Gasteiger partial charge in [0.05, 0.1) is 5.25 Å². The molecule has 16 heavy (non-hydrogen) atoms. The maximum atomic E-state index is 11.1. The Morgan fingerprint density at radius 2 is 2.38 bits per heavy atom. The number of hydrogen-bond acceptors (Lipinski definition) is 4. The van der Waals surface area contributed by atoms with Gasteiger partial charge in [0.15, 0.2) is 10.8 Å². The number of aromatic nitrogens is 3. The number of pyridine rings is 1. The Hall–Kier alpha value is -1.56. The molecular weight excluding hydrogens is 224 g/mol. The molecule has 0 aromatic carbocycles. The molecular formula is C10H12N4OS. The number of nitrogens with two attached hydrogens (primary N) is 1. The predicted octanol–water partition coefficient (Wildman–Crippen LogP) is 1.09. The van der Waals surface area contributed by atoms with Crippen molar-refractivity contribution in [1.82, 2.24) is 14.6 Å². The first-order chi connectivity index (χ1) is 7.72. The molecule has 2 heterocycles. The number of thioether (sulfide) groups is 1. The second-order valence-corrected chi connectivity index (χ2v) is 4.50. The Kier molecular flexibility index (Phi) is 3.09. The van der Waals surface area contributed by atoms with E-state index in [0.29, 0.717) is 11.6 Å². The summed E-state index contributed by atoms with van der Waals surface area (Å²) in [6.45, 7) is 1.92. The van der Waals surface area contributed by atoms with Gasteiger partial charge in [0.1, 0.15) is 0 Å². The third kappa shape index (κ3) is 2.01. The molecule has 0 aliphatic heterocycles. The van der Waals surface area contributed by atoms with Crippen molar-refractivity contribution < 1.29 is 4.79 Å². The number of carbonyl (C=O) groups excluding carboxylic acids is 1. The highest BCUT2D eigenvalue weighted by atomic mass is 32.2. The van der Waals surface area contributed by atoms with Crippen molar-refractivity contribution in [1.29, 1.82) is 0 Å². The molecule has 0 bridgehead atoms. The van der Waals surface area contributed by atoms with Crippen LogP contribution in [0.5, 0.6) is 0 Å². The molecule has 2 aromatic rings. The van der Waals surface area contributed by atoms with Gasteiger partial charge in [0, 0.05) is 6.20 Å². The molecule has 0 aliphatic rings. The van der Waals surface area contributed by atoms with E-state index < -0.39 is 0 Å². The molecule has 0 saturated heterocycles. The Bertz CT molecular complexity index is 510. The van der Waals surface area contributed by atoms with Crippen molar-refractivity contribution in [2.75, 3.05) is 0 Å². The standard InChI is InChI=1S/C10H12N4OS/c1-2-7(9(11)15)16-10-13-12-8-5-3-4-6-14(8)10/h3-7H,2H2,1H3,(H2,11,15). The first-order valence-corrected chi connectivity index (χ1v) is 5.86. The van der Waals surface area contributed by atoms with E-state index in [1.807, 2.05) is 35.7 Å². The van der Waals surface area contributed by atoms with E-state index in [4.69, 9.17) is 5.73 Å². The molecule has 0 spiro atoms. The second-order valence-electron chi connectivity index (χ2n) is 3.33. The van der Waals surface area contributed by atoms with Crippen LogP contribution in [0, 0.1) is 0 Å². The lowest BCUT2D eigenvalue weighted by Gasteiger charge is -2.07. The van der Waals surface area contributed by atoms with Gasteiger partial charge in [-0.1, -0.05) is 24.8 Å². The van der Waals surface area contributed by atoms with Gasteiger partial charge >= 0.3 is 0 Å². The van der Waals surface area contributed by atoms with Crippen molar-refractivity contribution >= 4 is 23.3 Å². The summed E-state index contributed by atoms with van der Waals surface area (Å²) >= 11 is 1.35. The van der Waals surface area contributed by atoms with Gasteiger partial charge in [-0.05, 0) is 18.6 Å². The number of nitrogens with zero attached hydrogens (tertiary/aromatic N) is 3. The summed E-state index contributed by atoms with van der Waals surface area (Å²) in [6.07, 6.45) is 2.55. The van der Waals surface area contributed by atoms with Crippen LogP contribution < -0.4 is 5.73 Å². The minimum absolute atomic E-state index is 0.257. The third-order valence-corrected chi connectivity index (χ3v) is 3.56. The van der Waals surface area contributed by atoms with E-state index in [0.717, 1.165) is 5.65 Å². The minimum Gasteiger partial charge on any atom is -0.369 e. The van der Waals surface area contributed by atoms with Crippen LogP contribution in [0.15, 0.2) is 29.6 Å². The fourth-order valence-corrected chi connectivity index (χ4v) is 2.26. The molecule has 0 aliphatic carbocycles. The molecule has 0 fully saturated rings. The highest BCUT2D eigenvalue weighted by Gasteiger charge is 2.17. The van der Waals surface area contributed by atoms with Gasteiger partial charge in [-0.25, -0.2) is 0 Å². The van der Waals surface area contributed by atoms with E-state index in [2.05, 4.69) is 10.2 Å². The fraction of sp³-hybridized carbons (Fsp3) is 0.300. The topological polar surface area (TPSA) is 73.3 Å². The molecule has 1 unspecified atom stereocenters. The molecule has 0 saturated carbocycles. The molecule has 2 aromatic heterocycles. The quantitative estimate of drug-likeness (QED) is 0.806. The summed E-state index contributed by atoms with van der Waals surface area (Å²) in [5.74, 6) is -0.319. The number of amides is 1. The number of hydrogen-bond donors (Lipinski definition) is 1. The van der Waals surface area contributed by atoms with Crippen molar-refractivity contribution in [2.45, 2.75) is 23.8 Å². The minimum atomic E-state index is -0.319. The molecule has 2 rings (SSSR count). The Balaban J connectivity index is 2.30. The Morgan fingerprint density at radius 3 is 3.06 bits per heavy atom. The molecule has 0 radical (unpaired) electrons. The van der Waals surface area contributed by atoms with Gasteiger partial charge < -0.3 is 5.73 Å². The Morgan fingerprint density at radius 1 is 1.56 bits per heavy atom. The van der Waals surface area contributed by atoms with Crippen LogP contribution in [0.3, 0.4) is 0 Å². The SMILES string of the molecule is CCC(Sc1nnc2ccccn12)C(N)=O. The van der Waals surface area contributed by atoms with E-state index >= 15 is 0 Å². The maximum absolute atomic E-state index is 11.1. The summed E-state index contributed by atoms with van der Waals surface area (Å²) in [6, 6.07) is 5.65. The lowest BCUT2D eigenvalue weighted by atomic mass is 10.3. The van der Waals surface area contributed by atoms with E-state index in [-0.39, 0.29) is 11.2 Å². The molecule has 5 nitrogen and oxygen atoms in total. The van der Waals surface area contributed by atoms with Crippen molar-refractivity contribution in [2.24, 2.45) is 5.73 Å². The van der Waals surface area contributed by atoms with Crippen molar-refractivity contribution in [3.63, 3.8) is 0 Å². The predicted molar refractivity (Wildman–Crippen MR) is 62.1 cm³/mol. The van der Waals surface area contributed by atoms with E-state index in [9.17, 15) is 4.79 Å². The van der Waals surface area contributed by atoms with Crippen LogP contribution in [0.2, 0.25) is 0 Å². The van der Waals surface area contributed by atoms with E-state index in [1.165, 1.54) is 11.8 Å². The van der Waals surface area contributed by atoms with Crippen LogP contribution in [0.4, 0.5) is 0 Å². The number of primary amides is 1. The lowest BCUT2D eigenvalue weighted by Crippen LogP contribution is -2.25. The highest BCUT2D eigenvalue weighted by Crippen LogP contribution is 2.23. The lowest BCUT2D eigenvalue weighted by molar-refractivity contribution is -0.117. The molecule has 1 atom stereocenters. The highest BCUT2D eigenvalue weighted by molar-refractivity contribution is 8.00. The van der Waals surface area contributed by atoms with Gasteiger partial charge in [0.2, 0.25) is 5.91 Å². The molecule has 84 valence electrons. The second kappa shape index (κ2) is 4.52. The van der Waals surface area contributed by atoms with Crippen molar-refractivity contribution in [3.8, 4) is 0 Å². The first kappa shape index (κ1) is 10.9. The molecule has 6 heteroatoms. The van der Waals surface area contributed by atoms with Crippen LogP contribution >= 0.6 is 11.8 Å². The zero-order valence-electron chi connectivity index (χ0n) is 8.83. The number of rotatable bonds is 4. The van der Waals surface area contributed by atoms with Gasteiger partial charge in [-0.2, -0.15) is 0 Å². The zero-order valence-corrected chi connectivity index (χ0v) is 9.65. The third-order valence-electron chi connectivity index (χ3n) is 2.22. The van der Waals surface area contributed by atoms with Crippen LogP contribution in [0.25, 0.3) is 5.65 Å². The maximum Gasteiger partial charge on any atom is 0.231 e. The summed E-state index contributed by atoms with van der Waals surface area (Å²) in [5.41, 5.74) is 6.06. The normalized spacial score (nSPS) is 12.8. The number of carbonyl (C=O) groups is 1. The molecule has 1 amide bonds. The largest absolute Gasteiger partial charge is 0.369 e. The Labute approximate surface area is 97.0 Å². The van der Waals surface area contributed by atoms with Gasteiger partial charge in [-0.15, -0.1) is 10.2 Å². The summed E-state index contributed by atoms with van der Waals surface area (Å²) < 4.78 is 1.84. The van der Waals surface area contributed by atoms with Crippen LogP contribution in [0.1, 0.15) is 13.3 Å². The fourth-order valence-electron chi connectivity index (χ4n) is 1.37. The van der Waals surface area contributed by atoms with Gasteiger partial charge in [0.25, 0.3) is 0 Å². The van der Waals surface area contributed by atoms with E-state index in [1.54, 1.807) is 0 Å². The van der Waals surface area contributed by atoms with Gasteiger partial charge in [-0.3, -0.25) is 9.20 Å². The van der Waals surface area contributed by atoms with Crippen LogP contribution in [-0.2, 0) is 4.79 Å². The smallest absolute Gasteiger partial charge is 0.231 e. The summed E-state index contributed by atoms with van der Waals surface area (Å²) in [4.78, 5) is 11.1. The monoisotopic (exact) mass is 236 g/mol. The average Bonchev–Trinajstić information content (AvgIpc) is 2.69. The van der Waals surface area contributed by atoms with Crippen LogP contribution in [-0.4, -0.2) is 25.8 Å². The average molecular weight is 236 g/mol. The zero-order chi connectivity index (χ0) is 11.5.